The summed E-state index contributed by atoms with van der Waals surface area (Å²) in [7, 11) is 0. The molecule has 1 unspecified atom stereocenters. The molecule has 3 aliphatic rings. The van der Waals surface area contributed by atoms with Gasteiger partial charge in [-0.1, -0.05) is 24.3 Å². The Labute approximate surface area is 183 Å². The number of nitrogens with one attached hydrogen (secondary N) is 1. The zero-order chi connectivity index (χ0) is 21.2. The van der Waals surface area contributed by atoms with Crippen LogP contribution in [0.3, 0.4) is 0 Å². The Morgan fingerprint density at radius 2 is 1.90 bits per heavy atom. The van der Waals surface area contributed by atoms with Crippen LogP contribution in [0.25, 0.3) is 0 Å². The molecule has 0 radical (unpaired) electrons. The van der Waals surface area contributed by atoms with Crippen molar-refractivity contribution in [2.45, 2.75) is 38.0 Å². The highest BCUT2D eigenvalue weighted by atomic mass is 16.5. The second-order valence-corrected chi connectivity index (χ2v) is 8.99. The Morgan fingerprint density at radius 1 is 1.06 bits per heavy atom. The van der Waals surface area contributed by atoms with Crippen molar-refractivity contribution in [2.24, 2.45) is 0 Å². The quantitative estimate of drug-likeness (QED) is 0.749. The first-order valence-corrected chi connectivity index (χ1v) is 11.4. The third-order valence-corrected chi connectivity index (χ3v) is 6.68. The van der Waals surface area contributed by atoms with E-state index in [2.05, 4.69) is 40.5 Å². The summed E-state index contributed by atoms with van der Waals surface area (Å²) < 4.78 is 5.43. The SMILES string of the molecule is O=C1c2ccc(NC3CCOC3)cc2CCN1C[C@H](O)CN1CCc2ccccc2C1. The van der Waals surface area contributed by atoms with Crippen LogP contribution in [-0.2, 0) is 24.1 Å². The first-order chi connectivity index (χ1) is 15.2. The Morgan fingerprint density at radius 3 is 2.74 bits per heavy atom. The van der Waals surface area contributed by atoms with Crippen molar-refractivity contribution in [3.63, 3.8) is 0 Å². The molecule has 1 fully saturated rings. The third-order valence-electron chi connectivity index (χ3n) is 6.68. The van der Waals surface area contributed by atoms with Crippen molar-refractivity contribution in [1.29, 1.82) is 0 Å². The van der Waals surface area contributed by atoms with Gasteiger partial charge in [0.25, 0.3) is 5.91 Å². The molecule has 0 saturated carbocycles. The van der Waals surface area contributed by atoms with E-state index in [1.54, 1.807) is 0 Å². The molecule has 5 rings (SSSR count). The zero-order valence-electron chi connectivity index (χ0n) is 17.9. The fourth-order valence-corrected chi connectivity index (χ4v) is 5.00. The van der Waals surface area contributed by atoms with Gasteiger partial charge in [0.2, 0.25) is 0 Å². The number of carbonyl (C=O) groups is 1. The molecule has 0 spiro atoms. The lowest BCUT2D eigenvalue weighted by atomic mass is 9.97. The van der Waals surface area contributed by atoms with E-state index in [1.807, 2.05) is 17.0 Å². The summed E-state index contributed by atoms with van der Waals surface area (Å²) in [4.78, 5) is 17.1. The lowest BCUT2D eigenvalue weighted by Crippen LogP contribution is -2.46. The second kappa shape index (κ2) is 8.99. The van der Waals surface area contributed by atoms with Gasteiger partial charge in [0.05, 0.1) is 18.8 Å². The number of carbonyl (C=O) groups excluding carboxylic acids is 1. The van der Waals surface area contributed by atoms with Crippen LogP contribution in [-0.4, -0.2) is 72.4 Å². The van der Waals surface area contributed by atoms with Gasteiger partial charge in [0, 0.05) is 50.6 Å². The van der Waals surface area contributed by atoms with Crippen LogP contribution in [0.2, 0.25) is 0 Å². The molecule has 3 aliphatic heterocycles. The van der Waals surface area contributed by atoms with E-state index in [9.17, 15) is 9.90 Å². The van der Waals surface area contributed by atoms with E-state index in [-0.39, 0.29) is 5.91 Å². The molecule has 164 valence electrons. The average molecular weight is 422 g/mol. The van der Waals surface area contributed by atoms with Gasteiger partial charge < -0.3 is 20.1 Å². The number of benzene rings is 2. The lowest BCUT2D eigenvalue weighted by Gasteiger charge is -2.34. The Hall–Kier alpha value is -2.41. The molecule has 1 amide bonds. The number of β-amino-alcohol motifs (C(OH)–C–C–N with tert-alkyl or cyclic N) is 1. The van der Waals surface area contributed by atoms with Gasteiger partial charge in [-0.25, -0.2) is 0 Å². The summed E-state index contributed by atoms with van der Waals surface area (Å²) in [5, 5.41) is 14.2. The minimum Gasteiger partial charge on any atom is -0.390 e. The van der Waals surface area contributed by atoms with Gasteiger partial charge in [-0.3, -0.25) is 9.69 Å². The molecule has 2 aromatic rings. The summed E-state index contributed by atoms with van der Waals surface area (Å²) in [6.45, 7) is 5.00. The Bertz CT molecular complexity index is 941. The number of aliphatic hydroxyl groups is 1. The molecule has 0 aromatic heterocycles. The fraction of sp³-hybridized carbons (Fsp3) is 0.480. The van der Waals surface area contributed by atoms with Gasteiger partial charge in [-0.2, -0.15) is 0 Å². The number of ether oxygens (including phenoxy) is 1. The first kappa shape index (κ1) is 20.5. The van der Waals surface area contributed by atoms with Gasteiger partial charge >= 0.3 is 0 Å². The monoisotopic (exact) mass is 421 g/mol. The highest BCUT2D eigenvalue weighted by Crippen LogP contribution is 2.25. The van der Waals surface area contributed by atoms with Gasteiger partial charge in [-0.05, 0) is 54.2 Å². The minimum absolute atomic E-state index is 0.0278. The van der Waals surface area contributed by atoms with Crippen LogP contribution >= 0.6 is 0 Å². The topological polar surface area (TPSA) is 65.0 Å². The van der Waals surface area contributed by atoms with Crippen molar-refractivity contribution in [3.8, 4) is 0 Å². The molecule has 6 nitrogen and oxygen atoms in total. The van der Waals surface area contributed by atoms with Crippen molar-refractivity contribution in [2.75, 3.05) is 44.7 Å². The lowest BCUT2D eigenvalue weighted by molar-refractivity contribution is 0.0493. The van der Waals surface area contributed by atoms with E-state index in [1.165, 1.54) is 11.1 Å². The molecule has 2 N–H and O–H groups in total. The predicted octanol–water partition coefficient (Wildman–Crippen LogP) is 2.30. The molecule has 3 heterocycles. The summed E-state index contributed by atoms with van der Waals surface area (Å²) in [5.74, 6) is 0.0278. The van der Waals surface area contributed by atoms with Crippen molar-refractivity contribution in [1.82, 2.24) is 9.80 Å². The summed E-state index contributed by atoms with van der Waals surface area (Å²) in [5.41, 5.74) is 5.66. The van der Waals surface area contributed by atoms with Crippen LogP contribution < -0.4 is 5.32 Å². The Balaban J connectivity index is 1.17. The first-order valence-electron chi connectivity index (χ1n) is 11.4. The van der Waals surface area contributed by atoms with Crippen LogP contribution in [0, 0.1) is 0 Å². The van der Waals surface area contributed by atoms with Crippen molar-refractivity contribution in [3.05, 3.63) is 64.7 Å². The van der Waals surface area contributed by atoms with E-state index in [0.29, 0.717) is 25.7 Å². The largest absolute Gasteiger partial charge is 0.390 e. The molecule has 2 atom stereocenters. The number of hydrogen-bond acceptors (Lipinski definition) is 5. The average Bonchev–Trinajstić information content (AvgIpc) is 3.29. The molecule has 1 saturated heterocycles. The van der Waals surface area contributed by atoms with E-state index >= 15 is 0 Å². The summed E-state index contributed by atoms with van der Waals surface area (Å²) in [6, 6.07) is 14.9. The summed E-state index contributed by atoms with van der Waals surface area (Å²) >= 11 is 0. The van der Waals surface area contributed by atoms with Crippen LogP contribution in [0.4, 0.5) is 5.69 Å². The molecular weight excluding hydrogens is 390 g/mol. The number of aliphatic hydroxyl groups excluding tert-OH is 1. The van der Waals surface area contributed by atoms with Gasteiger partial charge in [0.1, 0.15) is 0 Å². The van der Waals surface area contributed by atoms with E-state index in [0.717, 1.165) is 62.4 Å². The smallest absolute Gasteiger partial charge is 0.254 e. The van der Waals surface area contributed by atoms with E-state index < -0.39 is 6.10 Å². The number of anilines is 1. The fourth-order valence-electron chi connectivity index (χ4n) is 5.00. The molecule has 2 aromatic carbocycles. The van der Waals surface area contributed by atoms with Gasteiger partial charge in [-0.15, -0.1) is 0 Å². The summed E-state index contributed by atoms with van der Waals surface area (Å²) in [6.07, 6.45) is 2.31. The van der Waals surface area contributed by atoms with Crippen LogP contribution in [0.5, 0.6) is 0 Å². The number of rotatable bonds is 6. The maximum atomic E-state index is 13.0. The number of hydrogen-bond donors (Lipinski definition) is 2. The normalized spacial score (nSPS) is 22.2. The highest BCUT2D eigenvalue weighted by molar-refractivity contribution is 5.97. The van der Waals surface area contributed by atoms with Crippen LogP contribution in [0.15, 0.2) is 42.5 Å². The Kier molecular flexibility index (Phi) is 5.94. The molecule has 0 aliphatic carbocycles. The maximum Gasteiger partial charge on any atom is 0.254 e. The molecule has 31 heavy (non-hydrogen) atoms. The molecular formula is C25H31N3O3. The van der Waals surface area contributed by atoms with Crippen molar-refractivity contribution >= 4 is 11.6 Å². The number of fused-ring (bicyclic) bond motifs is 2. The second-order valence-electron chi connectivity index (χ2n) is 8.99. The van der Waals surface area contributed by atoms with Crippen LogP contribution in [0.1, 0.15) is 33.5 Å². The van der Waals surface area contributed by atoms with Gasteiger partial charge in [0.15, 0.2) is 0 Å². The number of nitrogens with zero attached hydrogens (tertiary/aromatic N) is 2. The molecule has 0 bridgehead atoms. The highest BCUT2D eigenvalue weighted by Gasteiger charge is 2.27. The predicted molar refractivity (Wildman–Crippen MR) is 120 cm³/mol. The van der Waals surface area contributed by atoms with E-state index in [4.69, 9.17) is 4.74 Å². The number of amides is 1. The third kappa shape index (κ3) is 4.61. The maximum absolute atomic E-state index is 13.0. The minimum atomic E-state index is -0.543. The standard InChI is InChI=1S/C25H31N3O3/c29-23(15-27-10-7-18-3-1-2-4-20(18)14-27)16-28-11-8-19-13-21(5-6-24(19)25(28)30)26-22-9-12-31-17-22/h1-6,13,22-23,26,29H,7-12,14-17H2/t22?,23-/m1/s1. The zero-order valence-corrected chi connectivity index (χ0v) is 17.9. The van der Waals surface area contributed by atoms with Crippen molar-refractivity contribution < 1.29 is 14.6 Å². The molecule has 6 heteroatoms.